The minimum Gasteiger partial charge on any atom is -0.468 e. The molecule has 1 aromatic rings. The van der Waals surface area contributed by atoms with E-state index in [-0.39, 0.29) is 43.0 Å². The van der Waals surface area contributed by atoms with Crippen LogP contribution in [0.25, 0.3) is 0 Å². The topological polar surface area (TPSA) is 117 Å². The molecule has 0 fully saturated rings. The second kappa shape index (κ2) is 14.1. The summed E-state index contributed by atoms with van der Waals surface area (Å²) in [5, 5.41) is 3.05. The highest BCUT2D eigenvalue weighted by Gasteiger charge is 2.29. The number of carbonyl (C=O) groups is 4. The first-order valence-corrected chi connectivity index (χ1v) is 12.7. The van der Waals surface area contributed by atoms with Crippen LogP contribution in [-0.4, -0.2) is 50.2 Å². The van der Waals surface area contributed by atoms with Crippen LogP contribution >= 0.6 is 0 Å². The van der Waals surface area contributed by atoms with Gasteiger partial charge in [-0.3, -0.25) is 19.2 Å². The Morgan fingerprint density at radius 3 is 1.97 bits per heavy atom. The van der Waals surface area contributed by atoms with Crippen molar-refractivity contribution in [3.05, 3.63) is 23.8 Å². The summed E-state index contributed by atoms with van der Waals surface area (Å²) in [7, 11) is 1.29. The summed E-state index contributed by atoms with van der Waals surface area (Å²) in [5.41, 5.74) is -0.908. The standard InChI is InChI=1S/C28H43NO8/c1-10-11-18(2)23(30)35-15-14-29-20(24(31)34-9)16-19-12-13-21(36-25(32)27(3,4)5)22(17-19)37-26(33)28(6,7)8/h12-13,17-18,20,29H,10-11,14-16H2,1-9H3/t18?,20-/m0/s1. The summed E-state index contributed by atoms with van der Waals surface area (Å²) in [4.78, 5) is 49.5. The Bertz CT molecular complexity index is 942. The average molecular weight is 522 g/mol. The fraction of sp³-hybridized carbons (Fsp3) is 0.643. The Morgan fingerprint density at radius 2 is 1.46 bits per heavy atom. The van der Waals surface area contributed by atoms with Crippen LogP contribution in [0.3, 0.4) is 0 Å². The molecule has 0 aliphatic rings. The van der Waals surface area contributed by atoms with E-state index in [4.69, 9.17) is 18.9 Å². The van der Waals surface area contributed by atoms with E-state index >= 15 is 0 Å². The number of ether oxygens (including phenoxy) is 4. The molecule has 1 N–H and O–H groups in total. The lowest BCUT2D eigenvalue weighted by molar-refractivity contribution is -0.148. The van der Waals surface area contributed by atoms with Gasteiger partial charge in [-0.05, 0) is 72.1 Å². The molecule has 9 heteroatoms. The summed E-state index contributed by atoms with van der Waals surface area (Å²) >= 11 is 0. The minimum absolute atomic E-state index is 0.0810. The fourth-order valence-corrected chi connectivity index (χ4v) is 3.04. The molecule has 9 nitrogen and oxygen atoms in total. The summed E-state index contributed by atoms with van der Waals surface area (Å²) in [6, 6.07) is 4.05. The Labute approximate surface area is 220 Å². The molecule has 2 atom stereocenters. The van der Waals surface area contributed by atoms with E-state index < -0.39 is 34.8 Å². The first-order valence-electron chi connectivity index (χ1n) is 12.7. The third-order valence-corrected chi connectivity index (χ3v) is 5.42. The number of benzene rings is 1. The molecule has 0 saturated carbocycles. The first-order chi connectivity index (χ1) is 17.1. The predicted molar refractivity (Wildman–Crippen MR) is 139 cm³/mol. The summed E-state index contributed by atoms with van der Waals surface area (Å²) in [6.45, 7) is 14.5. The van der Waals surface area contributed by atoms with Crippen LogP contribution in [-0.2, 0) is 35.1 Å². The second-order valence-corrected chi connectivity index (χ2v) is 11.2. The number of esters is 4. The zero-order chi connectivity index (χ0) is 28.4. The minimum atomic E-state index is -0.788. The van der Waals surface area contributed by atoms with Gasteiger partial charge in [-0.15, -0.1) is 0 Å². The molecule has 0 aliphatic heterocycles. The van der Waals surface area contributed by atoms with Crippen molar-refractivity contribution in [2.45, 2.75) is 80.7 Å². The smallest absolute Gasteiger partial charge is 0.323 e. The van der Waals surface area contributed by atoms with Gasteiger partial charge in [0.25, 0.3) is 0 Å². The molecule has 0 bridgehead atoms. The van der Waals surface area contributed by atoms with Gasteiger partial charge < -0.3 is 24.3 Å². The second-order valence-electron chi connectivity index (χ2n) is 11.2. The van der Waals surface area contributed by atoms with Gasteiger partial charge in [0, 0.05) is 6.54 Å². The van der Waals surface area contributed by atoms with Crippen LogP contribution in [0.15, 0.2) is 18.2 Å². The number of hydrogen-bond donors (Lipinski definition) is 1. The molecule has 0 aliphatic carbocycles. The molecule has 0 heterocycles. The molecule has 0 amide bonds. The SMILES string of the molecule is CCCC(C)C(=O)OCCN[C@@H](Cc1ccc(OC(=O)C(C)(C)C)c(OC(=O)C(C)(C)C)c1)C(=O)OC. The molecule has 0 radical (unpaired) electrons. The zero-order valence-corrected chi connectivity index (χ0v) is 23.7. The van der Waals surface area contributed by atoms with E-state index in [2.05, 4.69) is 5.32 Å². The van der Waals surface area contributed by atoms with Gasteiger partial charge in [-0.2, -0.15) is 0 Å². The molecule has 1 rings (SSSR count). The molecular formula is C28H43NO8. The van der Waals surface area contributed by atoms with Gasteiger partial charge >= 0.3 is 23.9 Å². The summed E-state index contributed by atoms with van der Waals surface area (Å²) in [5.74, 6) is -1.74. The lowest BCUT2D eigenvalue weighted by atomic mass is 9.97. The average Bonchev–Trinajstić information content (AvgIpc) is 2.80. The number of nitrogens with one attached hydrogen (secondary N) is 1. The van der Waals surface area contributed by atoms with Crippen LogP contribution in [0.2, 0.25) is 0 Å². The van der Waals surface area contributed by atoms with Crippen molar-refractivity contribution in [3.63, 3.8) is 0 Å². The van der Waals surface area contributed by atoms with Gasteiger partial charge in [0.05, 0.1) is 23.9 Å². The molecule has 37 heavy (non-hydrogen) atoms. The van der Waals surface area contributed by atoms with Crippen LogP contribution in [0.1, 0.15) is 73.8 Å². The third kappa shape index (κ3) is 10.9. The van der Waals surface area contributed by atoms with Crippen molar-refractivity contribution in [1.82, 2.24) is 5.32 Å². The first kappa shape index (κ1) is 32.1. The van der Waals surface area contributed by atoms with Gasteiger partial charge in [-0.1, -0.05) is 26.3 Å². The fourth-order valence-electron chi connectivity index (χ4n) is 3.04. The quantitative estimate of drug-likeness (QED) is 0.245. The van der Waals surface area contributed by atoms with E-state index in [9.17, 15) is 19.2 Å². The van der Waals surface area contributed by atoms with Gasteiger partial charge in [-0.25, -0.2) is 0 Å². The van der Waals surface area contributed by atoms with Crippen LogP contribution < -0.4 is 14.8 Å². The highest BCUT2D eigenvalue weighted by atomic mass is 16.6. The molecule has 0 spiro atoms. The van der Waals surface area contributed by atoms with Crippen LogP contribution in [0.4, 0.5) is 0 Å². The van der Waals surface area contributed by atoms with Crippen molar-refractivity contribution in [2.75, 3.05) is 20.3 Å². The lowest BCUT2D eigenvalue weighted by Crippen LogP contribution is -2.41. The normalized spacial score (nSPS) is 13.3. The zero-order valence-electron chi connectivity index (χ0n) is 23.7. The number of rotatable bonds is 12. The van der Waals surface area contributed by atoms with Crippen molar-refractivity contribution >= 4 is 23.9 Å². The lowest BCUT2D eigenvalue weighted by Gasteiger charge is -2.21. The predicted octanol–water partition coefficient (Wildman–Crippen LogP) is 4.24. The highest BCUT2D eigenvalue weighted by molar-refractivity contribution is 5.81. The maximum Gasteiger partial charge on any atom is 0.323 e. The molecule has 0 saturated heterocycles. The van der Waals surface area contributed by atoms with Crippen molar-refractivity contribution in [1.29, 1.82) is 0 Å². The summed E-state index contributed by atoms with van der Waals surface area (Å²) in [6.07, 6.45) is 1.83. The summed E-state index contributed by atoms with van der Waals surface area (Å²) < 4.78 is 21.3. The Balaban J connectivity index is 3.05. The number of hydrogen-bond acceptors (Lipinski definition) is 9. The maximum absolute atomic E-state index is 12.6. The molecule has 208 valence electrons. The largest absolute Gasteiger partial charge is 0.468 e. The Hall–Kier alpha value is -2.94. The van der Waals surface area contributed by atoms with Crippen molar-refractivity contribution < 1.29 is 38.1 Å². The molecular weight excluding hydrogens is 478 g/mol. The highest BCUT2D eigenvalue weighted by Crippen LogP contribution is 2.33. The monoisotopic (exact) mass is 521 g/mol. The van der Waals surface area contributed by atoms with E-state index in [0.29, 0.717) is 5.56 Å². The van der Waals surface area contributed by atoms with Crippen LogP contribution in [0.5, 0.6) is 11.5 Å². The third-order valence-electron chi connectivity index (χ3n) is 5.42. The van der Waals surface area contributed by atoms with E-state index in [1.807, 2.05) is 13.8 Å². The number of methoxy groups -OCH3 is 1. The Morgan fingerprint density at radius 1 is 0.892 bits per heavy atom. The van der Waals surface area contributed by atoms with Gasteiger partial charge in [0.2, 0.25) is 0 Å². The molecule has 1 aromatic carbocycles. The van der Waals surface area contributed by atoms with E-state index in [1.54, 1.807) is 53.7 Å². The van der Waals surface area contributed by atoms with Crippen molar-refractivity contribution in [2.24, 2.45) is 16.7 Å². The van der Waals surface area contributed by atoms with E-state index in [1.165, 1.54) is 13.2 Å². The van der Waals surface area contributed by atoms with E-state index in [0.717, 1.165) is 12.8 Å². The molecule has 1 unspecified atom stereocenters. The maximum atomic E-state index is 12.6. The van der Waals surface area contributed by atoms with Gasteiger partial charge in [0.1, 0.15) is 12.6 Å². The van der Waals surface area contributed by atoms with Gasteiger partial charge in [0.15, 0.2) is 11.5 Å². The number of carbonyl (C=O) groups excluding carboxylic acids is 4. The van der Waals surface area contributed by atoms with Crippen LogP contribution in [0, 0.1) is 16.7 Å². The van der Waals surface area contributed by atoms with Crippen molar-refractivity contribution in [3.8, 4) is 11.5 Å². The molecule has 0 aromatic heterocycles. The Kier molecular flexibility index (Phi) is 12.2.